The van der Waals surface area contributed by atoms with Gasteiger partial charge >= 0.3 is 0 Å². The molecule has 13 heavy (non-hydrogen) atoms. The summed E-state index contributed by atoms with van der Waals surface area (Å²) in [6.07, 6.45) is 0. The molecule has 0 fully saturated rings. The Kier molecular flexibility index (Phi) is 3.69. The SMILES string of the molecule is CCNCc1sc(N(C)C)nc1C. The third-order valence-corrected chi connectivity index (χ3v) is 3.12. The number of thiazole rings is 1. The van der Waals surface area contributed by atoms with Crippen LogP contribution in [0.4, 0.5) is 5.13 Å². The quantitative estimate of drug-likeness (QED) is 0.799. The minimum Gasteiger partial charge on any atom is -0.354 e. The third-order valence-electron chi connectivity index (χ3n) is 1.80. The first-order valence-electron chi connectivity index (χ1n) is 4.49. The highest BCUT2D eigenvalue weighted by Crippen LogP contribution is 2.23. The summed E-state index contributed by atoms with van der Waals surface area (Å²) in [6, 6.07) is 0. The Morgan fingerprint density at radius 3 is 2.62 bits per heavy atom. The molecule has 4 heteroatoms. The minimum absolute atomic E-state index is 0.938. The Bertz CT molecular complexity index is 268. The van der Waals surface area contributed by atoms with Gasteiger partial charge in [-0.2, -0.15) is 0 Å². The van der Waals surface area contributed by atoms with E-state index in [0.717, 1.165) is 23.9 Å². The number of hydrogen-bond donors (Lipinski definition) is 1. The highest BCUT2D eigenvalue weighted by atomic mass is 32.1. The summed E-state index contributed by atoms with van der Waals surface area (Å²) in [5.74, 6) is 0. The molecule has 0 saturated heterocycles. The lowest BCUT2D eigenvalue weighted by molar-refractivity contribution is 0.731. The average Bonchev–Trinajstić information content (AvgIpc) is 2.44. The van der Waals surface area contributed by atoms with Gasteiger partial charge in [-0.05, 0) is 13.5 Å². The number of hydrogen-bond acceptors (Lipinski definition) is 4. The molecule has 74 valence electrons. The topological polar surface area (TPSA) is 28.2 Å². The van der Waals surface area contributed by atoms with Gasteiger partial charge in [0, 0.05) is 25.5 Å². The highest BCUT2D eigenvalue weighted by Gasteiger charge is 2.07. The van der Waals surface area contributed by atoms with Crippen LogP contribution in [0.25, 0.3) is 0 Å². The monoisotopic (exact) mass is 199 g/mol. The van der Waals surface area contributed by atoms with Crippen LogP contribution in [0, 0.1) is 6.92 Å². The van der Waals surface area contributed by atoms with Crippen molar-refractivity contribution in [3.05, 3.63) is 10.6 Å². The second-order valence-electron chi connectivity index (χ2n) is 3.18. The maximum absolute atomic E-state index is 4.47. The van der Waals surface area contributed by atoms with E-state index in [0.29, 0.717) is 0 Å². The second-order valence-corrected chi connectivity index (χ2v) is 4.24. The summed E-state index contributed by atoms with van der Waals surface area (Å²) in [7, 11) is 4.05. The molecule has 0 aliphatic carbocycles. The summed E-state index contributed by atoms with van der Waals surface area (Å²) in [5.41, 5.74) is 1.15. The lowest BCUT2D eigenvalue weighted by atomic mass is 10.4. The maximum Gasteiger partial charge on any atom is 0.185 e. The zero-order valence-electron chi connectivity index (χ0n) is 8.72. The van der Waals surface area contributed by atoms with Gasteiger partial charge in [-0.25, -0.2) is 4.98 Å². The fraction of sp³-hybridized carbons (Fsp3) is 0.667. The Morgan fingerprint density at radius 1 is 1.46 bits per heavy atom. The van der Waals surface area contributed by atoms with Gasteiger partial charge in [0.1, 0.15) is 0 Å². The number of aryl methyl sites for hydroxylation is 1. The number of nitrogens with one attached hydrogen (secondary N) is 1. The van der Waals surface area contributed by atoms with E-state index in [2.05, 4.69) is 24.1 Å². The molecule has 0 amide bonds. The molecule has 0 bridgehead atoms. The van der Waals surface area contributed by atoms with Crippen molar-refractivity contribution in [2.75, 3.05) is 25.5 Å². The predicted octanol–water partition coefficient (Wildman–Crippen LogP) is 1.63. The Hall–Kier alpha value is -0.610. The van der Waals surface area contributed by atoms with Crippen molar-refractivity contribution in [1.29, 1.82) is 0 Å². The zero-order valence-corrected chi connectivity index (χ0v) is 9.53. The highest BCUT2D eigenvalue weighted by molar-refractivity contribution is 7.15. The molecule has 0 radical (unpaired) electrons. The van der Waals surface area contributed by atoms with Crippen molar-refractivity contribution in [1.82, 2.24) is 10.3 Å². The fourth-order valence-corrected chi connectivity index (χ4v) is 1.96. The van der Waals surface area contributed by atoms with Crippen molar-refractivity contribution in [3.63, 3.8) is 0 Å². The number of anilines is 1. The zero-order chi connectivity index (χ0) is 9.84. The molecular formula is C9H17N3S. The van der Waals surface area contributed by atoms with E-state index in [1.54, 1.807) is 11.3 Å². The maximum atomic E-state index is 4.47. The molecule has 0 aromatic carbocycles. The van der Waals surface area contributed by atoms with Crippen molar-refractivity contribution in [2.45, 2.75) is 20.4 Å². The van der Waals surface area contributed by atoms with Crippen molar-refractivity contribution >= 4 is 16.5 Å². The van der Waals surface area contributed by atoms with E-state index in [9.17, 15) is 0 Å². The van der Waals surface area contributed by atoms with Gasteiger partial charge in [0.2, 0.25) is 0 Å². The number of rotatable bonds is 4. The number of nitrogens with zero attached hydrogens (tertiary/aromatic N) is 2. The van der Waals surface area contributed by atoms with E-state index < -0.39 is 0 Å². The van der Waals surface area contributed by atoms with Gasteiger partial charge in [-0.15, -0.1) is 11.3 Å². The minimum atomic E-state index is 0.938. The lowest BCUT2D eigenvalue weighted by Crippen LogP contribution is -2.11. The van der Waals surface area contributed by atoms with Crippen LogP contribution in [0.1, 0.15) is 17.5 Å². The first-order valence-corrected chi connectivity index (χ1v) is 5.31. The van der Waals surface area contributed by atoms with Gasteiger partial charge in [0.25, 0.3) is 0 Å². The third kappa shape index (κ3) is 2.67. The van der Waals surface area contributed by atoms with Crippen LogP contribution in [0.2, 0.25) is 0 Å². The van der Waals surface area contributed by atoms with Gasteiger partial charge in [0.15, 0.2) is 5.13 Å². The van der Waals surface area contributed by atoms with Gasteiger partial charge in [-0.1, -0.05) is 6.92 Å². The van der Waals surface area contributed by atoms with Crippen LogP contribution < -0.4 is 10.2 Å². The van der Waals surface area contributed by atoms with E-state index in [1.165, 1.54) is 4.88 Å². The molecule has 1 aromatic rings. The molecule has 1 heterocycles. The van der Waals surface area contributed by atoms with Crippen LogP contribution in [-0.2, 0) is 6.54 Å². The van der Waals surface area contributed by atoms with E-state index in [1.807, 2.05) is 19.0 Å². The van der Waals surface area contributed by atoms with E-state index in [4.69, 9.17) is 0 Å². The molecule has 3 nitrogen and oxygen atoms in total. The van der Waals surface area contributed by atoms with Crippen LogP contribution in [0.5, 0.6) is 0 Å². The van der Waals surface area contributed by atoms with Gasteiger partial charge < -0.3 is 10.2 Å². The first kappa shape index (κ1) is 10.5. The van der Waals surface area contributed by atoms with Crippen molar-refractivity contribution in [2.24, 2.45) is 0 Å². The summed E-state index contributed by atoms with van der Waals surface area (Å²) in [6.45, 7) is 6.13. The van der Waals surface area contributed by atoms with Crippen molar-refractivity contribution in [3.8, 4) is 0 Å². The number of aromatic nitrogens is 1. The molecule has 1 aromatic heterocycles. The molecule has 1 rings (SSSR count). The summed E-state index contributed by atoms with van der Waals surface area (Å²) in [5, 5.41) is 4.40. The van der Waals surface area contributed by atoms with E-state index in [-0.39, 0.29) is 0 Å². The van der Waals surface area contributed by atoms with Crippen LogP contribution in [-0.4, -0.2) is 25.6 Å². The molecular weight excluding hydrogens is 182 g/mol. The van der Waals surface area contributed by atoms with Crippen molar-refractivity contribution < 1.29 is 0 Å². The van der Waals surface area contributed by atoms with E-state index >= 15 is 0 Å². The molecule has 0 unspecified atom stereocenters. The average molecular weight is 199 g/mol. The largest absolute Gasteiger partial charge is 0.354 e. The van der Waals surface area contributed by atoms with Crippen LogP contribution >= 0.6 is 11.3 Å². The molecule has 0 atom stereocenters. The molecule has 0 saturated carbocycles. The summed E-state index contributed by atoms with van der Waals surface area (Å²) in [4.78, 5) is 7.85. The van der Waals surface area contributed by atoms with Gasteiger partial charge in [0.05, 0.1) is 5.69 Å². The smallest absolute Gasteiger partial charge is 0.185 e. The molecule has 1 N–H and O–H groups in total. The predicted molar refractivity (Wildman–Crippen MR) is 58.6 cm³/mol. The normalized spacial score (nSPS) is 10.5. The molecule has 0 aliphatic rings. The summed E-state index contributed by atoms with van der Waals surface area (Å²) >= 11 is 1.76. The van der Waals surface area contributed by atoms with Crippen LogP contribution in [0.15, 0.2) is 0 Å². The fourth-order valence-electron chi connectivity index (χ4n) is 1.01. The second kappa shape index (κ2) is 4.58. The molecule has 0 spiro atoms. The van der Waals surface area contributed by atoms with Crippen LogP contribution in [0.3, 0.4) is 0 Å². The lowest BCUT2D eigenvalue weighted by Gasteiger charge is -2.05. The molecule has 0 aliphatic heterocycles. The Labute approximate surface area is 83.8 Å². The van der Waals surface area contributed by atoms with Gasteiger partial charge in [-0.3, -0.25) is 0 Å². The Balaban J connectivity index is 2.71. The first-order chi connectivity index (χ1) is 6.15. The Morgan fingerprint density at radius 2 is 2.15 bits per heavy atom. The summed E-state index contributed by atoms with van der Waals surface area (Å²) < 4.78 is 0. The standard InChI is InChI=1S/C9H17N3S/c1-5-10-6-8-7(2)11-9(13-8)12(3)4/h10H,5-6H2,1-4H3.